The maximum atomic E-state index is 12.4. The molecule has 0 aliphatic carbocycles. The van der Waals surface area contributed by atoms with Gasteiger partial charge in [0.15, 0.2) is 0 Å². The fourth-order valence-corrected chi connectivity index (χ4v) is 2.50. The van der Waals surface area contributed by atoms with Gasteiger partial charge in [-0.2, -0.15) is 0 Å². The summed E-state index contributed by atoms with van der Waals surface area (Å²) in [6, 6.07) is 13.4. The van der Waals surface area contributed by atoms with Crippen molar-refractivity contribution >= 4 is 11.6 Å². The van der Waals surface area contributed by atoms with Crippen LogP contribution in [0.25, 0.3) is 0 Å². The van der Waals surface area contributed by atoms with Crippen molar-refractivity contribution in [3.8, 4) is 5.75 Å². The van der Waals surface area contributed by atoms with Crippen LogP contribution < -0.4 is 5.32 Å². The van der Waals surface area contributed by atoms with E-state index < -0.39 is 0 Å². The van der Waals surface area contributed by atoms with Gasteiger partial charge in [0.25, 0.3) is 0 Å². The van der Waals surface area contributed by atoms with Crippen molar-refractivity contribution in [3.05, 3.63) is 59.2 Å². The molecular weight excluding hydrogens is 286 g/mol. The molecular formula is C20H25NO2. The molecule has 0 unspecified atom stereocenters. The molecule has 1 amide bonds. The maximum Gasteiger partial charge on any atom is 0.231 e. The summed E-state index contributed by atoms with van der Waals surface area (Å²) in [6.45, 7) is 8.10. The van der Waals surface area contributed by atoms with Crippen molar-refractivity contribution in [1.82, 2.24) is 0 Å². The van der Waals surface area contributed by atoms with Gasteiger partial charge in [-0.05, 0) is 48.9 Å². The number of aryl methyl sites for hydroxylation is 1. The van der Waals surface area contributed by atoms with Crippen molar-refractivity contribution in [2.45, 2.75) is 40.0 Å². The highest BCUT2D eigenvalue weighted by atomic mass is 16.3. The minimum absolute atomic E-state index is 0.0788. The zero-order valence-corrected chi connectivity index (χ0v) is 14.3. The Morgan fingerprint density at radius 3 is 2.30 bits per heavy atom. The summed E-state index contributed by atoms with van der Waals surface area (Å²) in [5, 5.41) is 12.6. The summed E-state index contributed by atoms with van der Waals surface area (Å²) in [4.78, 5) is 12.4. The Bertz CT molecular complexity index is 675. The number of anilines is 1. The molecule has 23 heavy (non-hydrogen) atoms. The SMILES string of the molecule is Cc1ccc(NC(=O)[C@H](C)c2ccc(CC(C)C)cc2)cc1O. The summed E-state index contributed by atoms with van der Waals surface area (Å²) < 4.78 is 0. The highest BCUT2D eigenvalue weighted by Gasteiger charge is 2.15. The molecule has 0 fully saturated rings. The lowest BCUT2D eigenvalue weighted by Crippen LogP contribution is -2.18. The van der Waals surface area contributed by atoms with E-state index in [9.17, 15) is 9.90 Å². The van der Waals surface area contributed by atoms with Gasteiger partial charge in [0.2, 0.25) is 5.91 Å². The Labute approximate surface area is 138 Å². The average Bonchev–Trinajstić information content (AvgIpc) is 2.50. The summed E-state index contributed by atoms with van der Waals surface area (Å²) in [6.07, 6.45) is 1.05. The number of nitrogens with one attached hydrogen (secondary N) is 1. The minimum Gasteiger partial charge on any atom is -0.508 e. The number of phenols is 1. The molecule has 0 aromatic heterocycles. The molecule has 0 bridgehead atoms. The van der Waals surface area contributed by atoms with Crippen LogP contribution in [0.15, 0.2) is 42.5 Å². The Morgan fingerprint density at radius 2 is 1.74 bits per heavy atom. The van der Waals surface area contributed by atoms with E-state index in [1.165, 1.54) is 5.56 Å². The van der Waals surface area contributed by atoms with Crippen LogP contribution in [0.5, 0.6) is 5.75 Å². The van der Waals surface area contributed by atoms with Crippen LogP contribution >= 0.6 is 0 Å². The fraction of sp³-hybridized carbons (Fsp3) is 0.350. The number of rotatable bonds is 5. The lowest BCUT2D eigenvalue weighted by Gasteiger charge is -2.14. The van der Waals surface area contributed by atoms with Crippen molar-refractivity contribution < 1.29 is 9.90 Å². The van der Waals surface area contributed by atoms with Gasteiger partial charge in [-0.25, -0.2) is 0 Å². The summed E-state index contributed by atoms with van der Waals surface area (Å²) >= 11 is 0. The molecule has 0 saturated heterocycles. The van der Waals surface area contributed by atoms with E-state index in [0.29, 0.717) is 11.6 Å². The van der Waals surface area contributed by atoms with E-state index in [2.05, 4.69) is 31.3 Å². The molecule has 2 N–H and O–H groups in total. The third-order valence-electron chi connectivity index (χ3n) is 3.99. The first-order valence-electron chi connectivity index (χ1n) is 8.06. The number of amides is 1. The van der Waals surface area contributed by atoms with Crippen LogP contribution in [0.2, 0.25) is 0 Å². The third kappa shape index (κ3) is 4.59. The molecule has 0 heterocycles. The van der Waals surface area contributed by atoms with Gasteiger partial charge < -0.3 is 10.4 Å². The number of hydrogen-bond acceptors (Lipinski definition) is 2. The second kappa shape index (κ2) is 7.32. The smallest absolute Gasteiger partial charge is 0.231 e. The predicted molar refractivity (Wildman–Crippen MR) is 94.9 cm³/mol. The van der Waals surface area contributed by atoms with Gasteiger partial charge >= 0.3 is 0 Å². The maximum absolute atomic E-state index is 12.4. The highest BCUT2D eigenvalue weighted by molar-refractivity contribution is 5.95. The van der Waals surface area contributed by atoms with E-state index in [1.54, 1.807) is 18.2 Å². The topological polar surface area (TPSA) is 49.3 Å². The van der Waals surface area contributed by atoms with Gasteiger partial charge in [0.1, 0.15) is 5.75 Å². The molecule has 3 nitrogen and oxygen atoms in total. The van der Waals surface area contributed by atoms with Crippen LogP contribution in [0.3, 0.4) is 0 Å². The normalized spacial score (nSPS) is 12.2. The molecule has 0 spiro atoms. The van der Waals surface area contributed by atoms with Crippen LogP contribution in [-0.4, -0.2) is 11.0 Å². The van der Waals surface area contributed by atoms with Crippen LogP contribution in [-0.2, 0) is 11.2 Å². The molecule has 0 radical (unpaired) electrons. The number of hydrogen-bond donors (Lipinski definition) is 2. The van der Waals surface area contributed by atoms with Gasteiger partial charge in [-0.3, -0.25) is 4.79 Å². The molecule has 1 atom stereocenters. The van der Waals surface area contributed by atoms with Crippen molar-refractivity contribution in [1.29, 1.82) is 0 Å². The molecule has 0 saturated carbocycles. The standard InChI is InChI=1S/C20H25NO2/c1-13(2)11-16-6-8-17(9-7-16)15(4)20(23)21-18-10-5-14(3)19(22)12-18/h5-10,12-13,15,22H,11H2,1-4H3,(H,21,23)/t15-/m1/s1. The molecule has 0 aliphatic heterocycles. The number of benzene rings is 2. The fourth-order valence-electron chi connectivity index (χ4n) is 2.50. The first-order chi connectivity index (χ1) is 10.9. The van der Waals surface area contributed by atoms with Crippen LogP contribution in [0.4, 0.5) is 5.69 Å². The summed E-state index contributed by atoms with van der Waals surface area (Å²) in [7, 11) is 0. The second-order valence-corrected chi connectivity index (χ2v) is 6.55. The zero-order chi connectivity index (χ0) is 17.0. The molecule has 0 aliphatic rings. The van der Waals surface area contributed by atoms with Crippen molar-refractivity contribution in [3.63, 3.8) is 0 Å². The largest absolute Gasteiger partial charge is 0.508 e. The Balaban J connectivity index is 2.05. The predicted octanol–water partition coefficient (Wildman–Crippen LogP) is 4.64. The van der Waals surface area contributed by atoms with Gasteiger partial charge in [0, 0.05) is 11.8 Å². The Kier molecular flexibility index (Phi) is 5.43. The Hall–Kier alpha value is -2.29. The summed E-state index contributed by atoms with van der Waals surface area (Å²) in [5.41, 5.74) is 3.68. The van der Waals surface area contributed by atoms with E-state index in [0.717, 1.165) is 17.5 Å². The molecule has 2 rings (SSSR count). The average molecular weight is 311 g/mol. The lowest BCUT2D eigenvalue weighted by atomic mass is 9.96. The quantitative estimate of drug-likeness (QED) is 0.845. The number of aromatic hydroxyl groups is 1. The number of phenolic OH excluding ortho intramolecular Hbond substituents is 1. The Morgan fingerprint density at radius 1 is 1.09 bits per heavy atom. The number of carbonyl (C=O) groups excluding carboxylic acids is 1. The van der Waals surface area contributed by atoms with Crippen molar-refractivity contribution in [2.75, 3.05) is 5.32 Å². The lowest BCUT2D eigenvalue weighted by molar-refractivity contribution is -0.117. The first kappa shape index (κ1) is 17.1. The summed E-state index contributed by atoms with van der Waals surface area (Å²) in [5.74, 6) is 0.487. The molecule has 122 valence electrons. The molecule has 2 aromatic rings. The highest BCUT2D eigenvalue weighted by Crippen LogP contribution is 2.23. The third-order valence-corrected chi connectivity index (χ3v) is 3.99. The molecule has 3 heteroatoms. The van der Waals surface area contributed by atoms with Crippen LogP contribution in [0.1, 0.15) is 43.4 Å². The zero-order valence-electron chi connectivity index (χ0n) is 14.3. The van der Waals surface area contributed by atoms with E-state index in [-0.39, 0.29) is 17.6 Å². The first-order valence-corrected chi connectivity index (χ1v) is 8.06. The van der Waals surface area contributed by atoms with Gasteiger partial charge in [-0.1, -0.05) is 44.2 Å². The number of carbonyl (C=O) groups is 1. The van der Waals surface area contributed by atoms with Gasteiger partial charge in [0.05, 0.1) is 5.92 Å². The van der Waals surface area contributed by atoms with E-state index in [4.69, 9.17) is 0 Å². The molecule has 2 aromatic carbocycles. The second-order valence-electron chi connectivity index (χ2n) is 6.55. The van der Waals surface area contributed by atoms with E-state index in [1.807, 2.05) is 26.0 Å². The van der Waals surface area contributed by atoms with E-state index >= 15 is 0 Å². The van der Waals surface area contributed by atoms with Gasteiger partial charge in [-0.15, -0.1) is 0 Å². The van der Waals surface area contributed by atoms with Crippen molar-refractivity contribution in [2.24, 2.45) is 5.92 Å². The van der Waals surface area contributed by atoms with Crippen LogP contribution in [0, 0.1) is 12.8 Å². The minimum atomic E-state index is -0.244. The monoisotopic (exact) mass is 311 g/mol.